The molecule has 0 aliphatic carbocycles. The van der Waals surface area contributed by atoms with Crippen LogP contribution in [0, 0.1) is 0 Å². The molecule has 2 rings (SSSR count). The molecule has 1 unspecified atom stereocenters. The summed E-state index contributed by atoms with van der Waals surface area (Å²) in [4.78, 5) is 29.0. The number of carbonyl (C=O) groups excluding carboxylic acids is 1. The van der Waals surface area contributed by atoms with E-state index in [4.69, 9.17) is 0 Å². The second-order valence-electron chi connectivity index (χ2n) is 5.51. The Hall–Kier alpha value is -1.82. The Morgan fingerprint density at radius 3 is 2.78 bits per heavy atom. The van der Waals surface area contributed by atoms with Crippen LogP contribution in [0.2, 0.25) is 0 Å². The van der Waals surface area contributed by atoms with E-state index in [-0.39, 0.29) is 23.3 Å². The van der Waals surface area contributed by atoms with E-state index in [1.54, 1.807) is 10.6 Å². The molecule has 0 radical (unpaired) electrons. The van der Waals surface area contributed by atoms with Gasteiger partial charge in [-0.1, -0.05) is 37.2 Å². The fraction of sp³-hybridized carbons (Fsp3) is 0.471. The summed E-state index contributed by atoms with van der Waals surface area (Å²) in [7, 11) is 0. The van der Waals surface area contributed by atoms with Crippen molar-refractivity contribution in [3.63, 3.8) is 0 Å². The summed E-state index contributed by atoms with van der Waals surface area (Å²) < 4.78 is 1.62. The summed E-state index contributed by atoms with van der Waals surface area (Å²) in [6.45, 7) is 6.54. The van der Waals surface area contributed by atoms with E-state index in [0.29, 0.717) is 22.6 Å². The average Bonchev–Trinajstić information content (AvgIpc) is 2.53. The molecule has 6 heteroatoms. The smallest absolute Gasteiger partial charge is 0.262 e. The fourth-order valence-electron chi connectivity index (χ4n) is 2.49. The van der Waals surface area contributed by atoms with Crippen LogP contribution in [-0.4, -0.2) is 27.3 Å². The summed E-state index contributed by atoms with van der Waals surface area (Å²) in [6, 6.07) is 7.47. The third-order valence-corrected chi connectivity index (χ3v) is 4.58. The van der Waals surface area contributed by atoms with Gasteiger partial charge in [0.2, 0.25) is 5.91 Å². The van der Waals surface area contributed by atoms with Crippen molar-refractivity contribution in [2.24, 2.45) is 0 Å². The summed E-state index contributed by atoms with van der Waals surface area (Å²) in [5.74, 6) is 0.236. The molecule has 1 heterocycles. The molecule has 1 amide bonds. The quantitative estimate of drug-likeness (QED) is 0.625. The molecule has 0 fully saturated rings. The predicted molar refractivity (Wildman–Crippen MR) is 94.9 cm³/mol. The number of nitrogens with zero attached hydrogens (tertiary/aromatic N) is 2. The molecule has 0 saturated heterocycles. The summed E-state index contributed by atoms with van der Waals surface area (Å²) in [6.07, 6.45) is 2.00. The molecule has 0 spiro atoms. The number of fused-ring (bicyclic) bond motifs is 1. The van der Waals surface area contributed by atoms with Gasteiger partial charge in [-0.3, -0.25) is 14.2 Å². The van der Waals surface area contributed by atoms with Gasteiger partial charge in [-0.2, -0.15) is 0 Å². The molecule has 1 aromatic heterocycles. The van der Waals surface area contributed by atoms with E-state index >= 15 is 0 Å². The predicted octanol–water partition coefficient (Wildman–Crippen LogP) is 2.81. The van der Waals surface area contributed by atoms with E-state index in [1.165, 1.54) is 11.8 Å². The number of carbonyl (C=O) groups is 1. The lowest BCUT2D eigenvalue weighted by molar-refractivity contribution is -0.119. The monoisotopic (exact) mass is 333 g/mol. The minimum Gasteiger partial charge on any atom is -0.353 e. The van der Waals surface area contributed by atoms with E-state index in [2.05, 4.69) is 17.2 Å². The number of benzene rings is 1. The average molecular weight is 333 g/mol. The maximum absolute atomic E-state index is 12.5. The summed E-state index contributed by atoms with van der Waals surface area (Å²) >= 11 is 1.31. The standard InChI is InChI=1S/C17H23N3O2S/c1-4-8-12(3)18-15(21)11-23-17-19-14-10-7-6-9-13(14)16(22)20(17)5-2/h6-7,9-10,12H,4-5,8,11H2,1-3H3,(H,18,21). The number of aromatic nitrogens is 2. The van der Waals surface area contributed by atoms with Crippen molar-refractivity contribution < 1.29 is 4.79 Å². The van der Waals surface area contributed by atoms with E-state index < -0.39 is 0 Å². The number of amides is 1. The van der Waals surface area contributed by atoms with E-state index in [0.717, 1.165) is 12.8 Å². The van der Waals surface area contributed by atoms with Crippen LogP contribution in [0.3, 0.4) is 0 Å². The number of hydrogen-bond acceptors (Lipinski definition) is 4. The number of para-hydroxylation sites is 1. The number of nitrogens with one attached hydrogen (secondary N) is 1. The highest BCUT2D eigenvalue weighted by Crippen LogP contribution is 2.17. The Kier molecular flexibility index (Phi) is 6.21. The first kappa shape index (κ1) is 17.5. The minimum absolute atomic E-state index is 0.0268. The van der Waals surface area contributed by atoms with Gasteiger partial charge in [0.1, 0.15) is 0 Å². The molecule has 124 valence electrons. The molecule has 1 N–H and O–H groups in total. The zero-order valence-corrected chi connectivity index (χ0v) is 14.7. The van der Waals surface area contributed by atoms with Crippen LogP contribution in [0.15, 0.2) is 34.2 Å². The second-order valence-corrected chi connectivity index (χ2v) is 6.45. The largest absolute Gasteiger partial charge is 0.353 e. The van der Waals surface area contributed by atoms with Crippen molar-refractivity contribution in [2.75, 3.05) is 5.75 Å². The molecule has 23 heavy (non-hydrogen) atoms. The maximum atomic E-state index is 12.5. The topological polar surface area (TPSA) is 64.0 Å². The van der Waals surface area contributed by atoms with Gasteiger partial charge in [-0.05, 0) is 32.4 Å². The normalized spacial score (nSPS) is 12.3. The number of hydrogen-bond donors (Lipinski definition) is 1. The molecule has 0 saturated carbocycles. The van der Waals surface area contributed by atoms with Crippen LogP contribution >= 0.6 is 11.8 Å². The van der Waals surface area contributed by atoms with E-state index in [9.17, 15) is 9.59 Å². The van der Waals surface area contributed by atoms with Crippen molar-refractivity contribution >= 4 is 28.6 Å². The van der Waals surface area contributed by atoms with Crippen LogP contribution in [-0.2, 0) is 11.3 Å². The molecule has 2 aromatic rings. The number of thioether (sulfide) groups is 1. The Balaban J connectivity index is 2.16. The first-order chi connectivity index (χ1) is 11.1. The SMILES string of the molecule is CCCC(C)NC(=O)CSc1nc2ccccc2c(=O)n1CC. The highest BCUT2D eigenvalue weighted by atomic mass is 32.2. The first-order valence-corrected chi connectivity index (χ1v) is 8.97. The molecular formula is C17H23N3O2S. The molecule has 0 aliphatic rings. The molecule has 1 aromatic carbocycles. The van der Waals surface area contributed by atoms with Crippen molar-refractivity contribution in [3.8, 4) is 0 Å². The first-order valence-electron chi connectivity index (χ1n) is 7.98. The fourth-order valence-corrected chi connectivity index (χ4v) is 3.36. The lowest BCUT2D eigenvalue weighted by Crippen LogP contribution is -2.34. The third-order valence-electron chi connectivity index (χ3n) is 3.60. The summed E-state index contributed by atoms with van der Waals surface area (Å²) in [5, 5.41) is 4.17. The number of rotatable bonds is 7. The highest BCUT2D eigenvalue weighted by molar-refractivity contribution is 7.99. The van der Waals surface area contributed by atoms with Crippen LogP contribution in [0.25, 0.3) is 10.9 Å². The van der Waals surface area contributed by atoms with Crippen molar-refractivity contribution in [1.82, 2.24) is 14.9 Å². The second kappa shape index (κ2) is 8.15. The van der Waals surface area contributed by atoms with Gasteiger partial charge in [-0.25, -0.2) is 4.98 Å². The molecule has 1 atom stereocenters. The van der Waals surface area contributed by atoms with Gasteiger partial charge in [0.15, 0.2) is 5.16 Å². The molecule has 5 nitrogen and oxygen atoms in total. The lowest BCUT2D eigenvalue weighted by Gasteiger charge is -2.14. The Bertz CT molecular complexity index is 742. The van der Waals surface area contributed by atoms with Crippen LogP contribution in [0.1, 0.15) is 33.6 Å². The van der Waals surface area contributed by atoms with Gasteiger partial charge in [-0.15, -0.1) is 0 Å². The molecule has 0 bridgehead atoms. The Morgan fingerprint density at radius 1 is 1.35 bits per heavy atom. The van der Waals surface area contributed by atoms with Crippen molar-refractivity contribution in [3.05, 3.63) is 34.6 Å². The van der Waals surface area contributed by atoms with E-state index in [1.807, 2.05) is 32.0 Å². The summed E-state index contributed by atoms with van der Waals surface area (Å²) in [5.41, 5.74) is 0.616. The van der Waals surface area contributed by atoms with Crippen LogP contribution in [0.4, 0.5) is 0 Å². The highest BCUT2D eigenvalue weighted by Gasteiger charge is 2.13. The third kappa shape index (κ3) is 4.34. The van der Waals surface area contributed by atoms with Crippen molar-refractivity contribution in [2.45, 2.75) is 51.4 Å². The lowest BCUT2D eigenvalue weighted by atomic mass is 10.2. The van der Waals surface area contributed by atoms with Gasteiger partial charge in [0, 0.05) is 12.6 Å². The Morgan fingerprint density at radius 2 is 2.09 bits per heavy atom. The Labute approximate surface area is 140 Å². The molecule has 0 aliphatic heterocycles. The minimum atomic E-state index is -0.0552. The maximum Gasteiger partial charge on any atom is 0.262 e. The zero-order valence-electron chi connectivity index (χ0n) is 13.8. The molecular weight excluding hydrogens is 310 g/mol. The van der Waals surface area contributed by atoms with Gasteiger partial charge < -0.3 is 5.32 Å². The van der Waals surface area contributed by atoms with Crippen molar-refractivity contribution in [1.29, 1.82) is 0 Å². The van der Waals surface area contributed by atoms with Crippen LogP contribution < -0.4 is 10.9 Å². The van der Waals surface area contributed by atoms with Gasteiger partial charge in [0.05, 0.1) is 16.7 Å². The van der Waals surface area contributed by atoms with Crippen LogP contribution in [0.5, 0.6) is 0 Å². The zero-order chi connectivity index (χ0) is 16.8. The van der Waals surface area contributed by atoms with Gasteiger partial charge >= 0.3 is 0 Å². The van der Waals surface area contributed by atoms with Gasteiger partial charge in [0.25, 0.3) is 5.56 Å².